The summed E-state index contributed by atoms with van der Waals surface area (Å²) in [6.45, 7) is 3.68. The molecule has 0 bridgehead atoms. The van der Waals surface area contributed by atoms with Gasteiger partial charge in [-0.1, -0.05) is 23.2 Å². The average Bonchev–Trinajstić information content (AvgIpc) is 2.45. The van der Waals surface area contributed by atoms with Crippen LogP contribution in [-0.4, -0.2) is 23.5 Å². The number of benzene rings is 1. The first-order valence-electron chi connectivity index (χ1n) is 6.84. The van der Waals surface area contributed by atoms with Crippen LogP contribution in [0.1, 0.15) is 25.5 Å². The van der Waals surface area contributed by atoms with Crippen LogP contribution in [0.25, 0.3) is 0 Å². The molecule has 8 heteroatoms. The van der Waals surface area contributed by atoms with Crippen LogP contribution in [0, 0.1) is 11.3 Å². The highest BCUT2D eigenvalue weighted by molar-refractivity contribution is 6.34. The quantitative estimate of drug-likeness (QED) is 0.852. The largest absolute Gasteiger partial charge is 0.338 e. The molecule has 1 aromatic carbocycles. The fourth-order valence-electron chi connectivity index (χ4n) is 2.38. The van der Waals surface area contributed by atoms with E-state index >= 15 is 0 Å². The Morgan fingerprint density at radius 1 is 1.39 bits per heavy atom. The summed E-state index contributed by atoms with van der Waals surface area (Å²) >= 11 is 12.0. The Kier molecular flexibility index (Phi) is 5.14. The number of allylic oxidation sites excluding steroid dienone is 1. The zero-order chi connectivity index (χ0) is 17.1. The predicted molar refractivity (Wildman–Crippen MR) is 87.0 cm³/mol. The summed E-state index contributed by atoms with van der Waals surface area (Å²) in [6, 6.07) is 4.62. The molecule has 0 radical (unpaired) electrons. The molecule has 120 valence electrons. The number of carbonyl (C=O) groups excluding carboxylic acids is 2. The van der Waals surface area contributed by atoms with Crippen molar-refractivity contribution in [2.75, 3.05) is 6.54 Å². The maximum Gasteiger partial charge on any atom is 0.330 e. The van der Waals surface area contributed by atoms with E-state index in [0.29, 0.717) is 27.9 Å². The molecule has 0 spiro atoms. The Morgan fingerprint density at radius 2 is 2.00 bits per heavy atom. The second-order valence-electron chi connectivity index (χ2n) is 4.89. The van der Waals surface area contributed by atoms with Crippen molar-refractivity contribution in [1.82, 2.24) is 15.5 Å². The smallest absolute Gasteiger partial charge is 0.330 e. The van der Waals surface area contributed by atoms with Gasteiger partial charge in [0.15, 0.2) is 0 Å². The second-order valence-corrected chi connectivity index (χ2v) is 5.76. The average molecular weight is 353 g/mol. The third kappa shape index (κ3) is 3.41. The minimum Gasteiger partial charge on any atom is -0.338 e. The van der Waals surface area contributed by atoms with Gasteiger partial charge in [0.05, 0.1) is 11.6 Å². The Morgan fingerprint density at radius 3 is 2.52 bits per heavy atom. The summed E-state index contributed by atoms with van der Waals surface area (Å²) < 4.78 is 0. The van der Waals surface area contributed by atoms with E-state index in [1.165, 1.54) is 6.07 Å². The van der Waals surface area contributed by atoms with Gasteiger partial charge >= 0.3 is 12.1 Å². The molecule has 0 saturated carbocycles. The second kappa shape index (κ2) is 6.90. The van der Waals surface area contributed by atoms with Gasteiger partial charge in [-0.2, -0.15) is 5.26 Å². The van der Waals surface area contributed by atoms with Gasteiger partial charge < -0.3 is 10.6 Å². The number of urea groups is 2. The first-order chi connectivity index (χ1) is 10.9. The minimum atomic E-state index is -0.892. The van der Waals surface area contributed by atoms with E-state index in [-0.39, 0.29) is 5.57 Å². The van der Waals surface area contributed by atoms with Crippen molar-refractivity contribution in [3.05, 3.63) is 45.1 Å². The van der Waals surface area contributed by atoms with Gasteiger partial charge in [-0.05, 0) is 37.6 Å². The summed E-state index contributed by atoms with van der Waals surface area (Å²) in [6.07, 6.45) is 0. The van der Waals surface area contributed by atoms with E-state index in [2.05, 4.69) is 10.6 Å². The van der Waals surface area contributed by atoms with E-state index in [4.69, 9.17) is 23.2 Å². The van der Waals surface area contributed by atoms with Crippen molar-refractivity contribution in [2.24, 2.45) is 0 Å². The fraction of sp³-hybridized carbons (Fsp3) is 0.267. The molecule has 1 unspecified atom stereocenters. The lowest BCUT2D eigenvalue weighted by Crippen LogP contribution is -2.53. The molecule has 1 aliphatic heterocycles. The summed E-state index contributed by atoms with van der Waals surface area (Å²) in [7, 11) is 0. The predicted octanol–water partition coefficient (Wildman–Crippen LogP) is 3.59. The lowest BCUT2D eigenvalue weighted by Gasteiger charge is -2.34. The van der Waals surface area contributed by atoms with Gasteiger partial charge in [0, 0.05) is 22.3 Å². The van der Waals surface area contributed by atoms with E-state index in [9.17, 15) is 14.9 Å². The molecule has 0 saturated heterocycles. The standard InChI is InChI=1S/C15H14Cl2N4O2/c1-3-19-14(22)21-13(9-4-10(16)6-11(17)5-9)12(7-18)8(2)20-15(21)23/h4-6,13H,3H2,1-2H3,(H,19,22)(H,20,23). The van der Waals surface area contributed by atoms with Gasteiger partial charge in [0.1, 0.15) is 6.04 Å². The molecule has 1 atom stereocenters. The lowest BCUT2D eigenvalue weighted by atomic mass is 9.95. The molecular formula is C15H14Cl2N4O2. The third-order valence-electron chi connectivity index (χ3n) is 3.32. The van der Waals surface area contributed by atoms with E-state index < -0.39 is 18.1 Å². The van der Waals surface area contributed by atoms with Crippen LogP contribution in [0.3, 0.4) is 0 Å². The van der Waals surface area contributed by atoms with Crippen LogP contribution in [0.15, 0.2) is 29.5 Å². The monoisotopic (exact) mass is 352 g/mol. The summed E-state index contributed by atoms with van der Waals surface area (Å²) in [5, 5.41) is 15.2. The van der Waals surface area contributed by atoms with Gasteiger partial charge in [-0.25, -0.2) is 14.5 Å². The molecule has 4 amide bonds. The van der Waals surface area contributed by atoms with Crippen LogP contribution < -0.4 is 10.6 Å². The van der Waals surface area contributed by atoms with Crippen LogP contribution >= 0.6 is 23.2 Å². The van der Waals surface area contributed by atoms with Gasteiger partial charge in [-0.15, -0.1) is 0 Å². The molecule has 23 heavy (non-hydrogen) atoms. The summed E-state index contributed by atoms with van der Waals surface area (Å²) in [5.74, 6) is 0. The van der Waals surface area contributed by atoms with Crippen molar-refractivity contribution < 1.29 is 9.59 Å². The number of rotatable bonds is 2. The summed E-state index contributed by atoms with van der Waals surface area (Å²) in [4.78, 5) is 25.5. The Labute approximate surface area is 143 Å². The van der Waals surface area contributed by atoms with Crippen molar-refractivity contribution in [2.45, 2.75) is 19.9 Å². The zero-order valence-electron chi connectivity index (χ0n) is 12.5. The Hall–Kier alpha value is -2.23. The van der Waals surface area contributed by atoms with Gasteiger partial charge in [0.2, 0.25) is 0 Å². The number of carbonyl (C=O) groups is 2. The number of nitrogens with one attached hydrogen (secondary N) is 2. The molecule has 0 fully saturated rings. The van der Waals surface area contributed by atoms with E-state index in [0.717, 1.165) is 4.90 Å². The number of hydrogen-bond donors (Lipinski definition) is 2. The molecular weight excluding hydrogens is 339 g/mol. The van der Waals surface area contributed by atoms with Crippen molar-refractivity contribution in [3.63, 3.8) is 0 Å². The SMILES string of the molecule is CCNC(=O)N1C(=O)NC(C)=C(C#N)C1c1cc(Cl)cc(Cl)c1. The van der Waals surface area contributed by atoms with E-state index in [1.807, 2.05) is 6.07 Å². The fourth-order valence-corrected chi connectivity index (χ4v) is 2.92. The number of hydrogen-bond acceptors (Lipinski definition) is 3. The number of imide groups is 1. The molecule has 2 N–H and O–H groups in total. The Balaban J connectivity index is 2.63. The van der Waals surface area contributed by atoms with Crippen molar-refractivity contribution in [1.29, 1.82) is 5.26 Å². The molecule has 2 rings (SSSR count). The minimum absolute atomic E-state index is 0.245. The van der Waals surface area contributed by atoms with Crippen molar-refractivity contribution >= 4 is 35.3 Å². The molecule has 1 heterocycles. The number of nitrogens with zero attached hydrogens (tertiary/aromatic N) is 2. The van der Waals surface area contributed by atoms with Crippen LogP contribution in [-0.2, 0) is 0 Å². The maximum atomic E-state index is 12.3. The van der Waals surface area contributed by atoms with Gasteiger partial charge in [-0.3, -0.25) is 0 Å². The van der Waals surface area contributed by atoms with Crippen LogP contribution in [0.5, 0.6) is 0 Å². The normalized spacial score (nSPS) is 17.6. The molecule has 1 aromatic rings. The first kappa shape index (κ1) is 17.1. The lowest BCUT2D eigenvalue weighted by molar-refractivity contribution is 0.173. The molecule has 6 nitrogen and oxygen atoms in total. The zero-order valence-corrected chi connectivity index (χ0v) is 14.0. The number of amides is 4. The molecule has 1 aliphatic rings. The molecule has 0 aliphatic carbocycles. The van der Waals surface area contributed by atoms with E-state index in [1.54, 1.807) is 26.0 Å². The maximum absolute atomic E-state index is 12.3. The van der Waals surface area contributed by atoms with Gasteiger partial charge in [0.25, 0.3) is 0 Å². The summed E-state index contributed by atoms with van der Waals surface area (Å²) in [5.41, 5.74) is 1.12. The number of nitriles is 1. The highest BCUT2D eigenvalue weighted by Gasteiger charge is 2.38. The Bertz CT molecular complexity index is 719. The van der Waals surface area contributed by atoms with Crippen LogP contribution in [0.2, 0.25) is 10.0 Å². The highest BCUT2D eigenvalue weighted by Crippen LogP contribution is 2.35. The topological polar surface area (TPSA) is 85.2 Å². The first-order valence-corrected chi connectivity index (χ1v) is 7.59. The number of halogens is 2. The van der Waals surface area contributed by atoms with Crippen LogP contribution in [0.4, 0.5) is 9.59 Å². The third-order valence-corrected chi connectivity index (χ3v) is 3.75. The molecule has 0 aromatic heterocycles. The van der Waals surface area contributed by atoms with Crippen molar-refractivity contribution in [3.8, 4) is 6.07 Å². The highest BCUT2D eigenvalue weighted by atomic mass is 35.5.